The summed E-state index contributed by atoms with van der Waals surface area (Å²) >= 11 is 3.53. The predicted octanol–water partition coefficient (Wildman–Crippen LogP) is 4.60. The number of hydrogen-bond acceptors (Lipinski definition) is 1. The Morgan fingerprint density at radius 3 is 2.63 bits per heavy atom. The number of rotatable bonds is 4. The fourth-order valence-corrected chi connectivity index (χ4v) is 2.87. The molecule has 2 heteroatoms. The molecule has 1 aliphatic rings. The third-order valence-electron chi connectivity index (χ3n) is 3.72. The van der Waals surface area contributed by atoms with Gasteiger partial charge in [0.2, 0.25) is 0 Å². The number of aliphatic hydroxyl groups excluding tert-OH is 1. The first-order valence-corrected chi connectivity index (χ1v) is 7.54. The van der Waals surface area contributed by atoms with Gasteiger partial charge in [-0.15, -0.1) is 0 Å². The molecule has 2 aromatic rings. The van der Waals surface area contributed by atoms with Crippen molar-refractivity contribution in [2.24, 2.45) is 0 Å². The first kappa shape index (κ1) is 12.9. The highest BCUT2D eigenvalue weighted by molar-refractivity contribution is 9.10. The summed E-state index contributed by atoms with van der Waals surface area (Å²) in [7, 11) is 0. The van der Waals surface area contributed by atoms with Crippen molar-refractivity contribution in [2.45, 2.75) is 31.3 Å². The molecule has 0 aliphatic heterocycles. The molecule has 1 saturated carbocycles. The lowest BCUT2D eigenvalue weighted by Gasteiger charge is -2.13. The molecular formula is C17H17BrO. The third-order valence-corrected chi connectivity index (χ3v) is 4.49. The van der Waals surface area contributed by atoms with E-state index in [1.54, 1.807) is 0 Å². The third kappa shape index (κ3) is 3.07. The maximum Gasteiger partial charge on any atom is 0.0830 e. The summed E-state index contributed by atoms with van der Waals surface area (Å²) in [6, 6.07) is 16.5. The Morgan fingerprint density at radius 1 is 1.11 bits per heavy atom. The molecule has 1 unspecified atom stereocenters. The molecule has 0 saturated heterocycles. The Hall–Kier alpha value is -1.12. The van der Waals surface area contributed by atoms with E-state index in [9.17, 15) is 5.11 Å². The fourth-order valence-electron chi connectivity index (χ4n) is 2.43. The van der Waals surface area contributed by atoms with Crippen LogP contribution in [0.2, 0.25) is 0 Å². The summed E-state index contributed by atoms with van der Waals surface area (Å²) in [4.78, 5) is 0. The van der Waals surface area contributed by atoms with Crippen molar-refractivity contribution in [1.29, 1.82) is 0 Å². The van der Waals surface area contributed by atoms with E-state index in [0.717, 1.165) is 21.5 Å². The minimum Gasteiger partial charge on any atom is -0.388 e. The average molecular weight is 317 g/mol. The smallest absolute Gasteiger partial charge is 0.0830 e. The molecule has 3 rings (SSSR count). The Labute approximate surface area is 122 Å². The standard InChI is InChI=1S/C17H17BrO/c18-16-7-2-1-4-14(16)11-17(19)15-6-3-5-13(10-15)12-8-9-12/h1-7,10,12,17,19H,8-9,11H2. The van der Waals surface area contributed by atoms with Crippen LogP contribution in [-0.4, -0.2) is 5.11 Å². The molecule has 0 aromatic heterocycles. The van der Waals surface area contributed by atoms with Crippen LogP contribution < -0.4 is 0 Å². The molecule has 1 N–H and O–H groups in total. The lowest BCUT2D eigenvalue weighted by atomic mass is 9.98. The normalized spacial score (nSPS) is 16.3. The molecule has 1 atom stereocenters. The van der Waals surface area contributed by atoms with Gasteiger partial charge in [0, 0.05) is 10.9 Å². The van der Waals surface area contributed by atoms with Gasteiger partial charge in [0.05, 0.1) is 6.10 Å². The van der Waals surface area contributed by atoms with Crippen LogP contribution in [0.5, 0.6) is 0 Å². The zero-order valence-corrected chi connectivity index (χ0v) is 12.3. The maximum absolute atomic E-state index is 10.4. The molecule has 0 amide bonds. The summed E-state index contributed by atoms with van der Waals surface area (Å²) in [6.45, 7) is 0. The lowest BCUT2D eigenvalue weighted by Crippen LogP contribution is -2.02. The van der Waals surface area contributed by atoms with Crippen molar-refractivity contribution in [3.63, 3.8) is 0 Å². The van der Waals surface area contributed by atoms with Gasteiger partial charge in [-0.05, 0) is 41.5 Å². The first-order chi connectivity index (χ1) is 9.24. The molecule has 0 radical (unpaired) electrons. The Bertz CT molecular complexity index is 575. The van der Waals surface area contributed by atoms with Crippen LogP contribution in [0.3, 0.4) is 0 Å². The summed E-state index contributed by atoms with van der Waals surface area (Å²) in [5.41, 5.74) is 3.55. The molecule has 0 spiro atoms. The molecule has 0 bridgehead atoms. The lowest BCUT2D eigenvalue weighted by molar-refractivity contribution is 0.178. The van der Waals surface area contributed by atoms with Crippen LogP contribution in [-0.2, 0) is 6.42 Å². The summed E-state index contributed by atoms with van der Waals surface area (Å²) in [6.07, 6.45) is 2.81. The molecule has 1 fully saturated rings. The maximum atomic E-state index is 10.4. The van der Waals surface area contributed by atoms with Crippen LogP contribution in [0.4, 0.5) is 0 Å². The van der Waals surface area contributed by atoms with Gasteiger partial charge < -0.3 is 5.11 Å². The fraction of sp³-hybridized carbons (Fsp3) is 0.294. The van der Waals surface area contributed by atoms with Crippen LogP contribution in [0.1, 0.15) is 41.6 Å². The topological polar surface area (TPSA) is 20.2 Å². The second-order valence-corrected chi connectivity index (χ2v) is 6.11. The van der Waals surface area contributed by atoms with Crippen LogP contribution in [0.25, 0.3) is 0 Å². The van der Waals surface area contributed by atoms with Gasteiger partial charge in [-0.3, -0.25) is 0 Å². The van der Waals surface area contributed by atoms with E-state index in [2.05, 4.69) is 40.2 Å². The highest BCUT2D eigenvalue weighted by atomic mass is 79.9. The summed E-state index contributed by atoms with van der Waals surface area (Å²) < 4.78 is 1.06. The van der Waals surface area contributed by atoms with E-state index in [0.29, 0.717) is 6.42 Å². The second-order valence-electron chi connectivity index (χ2n) is 5.26. The molecule has 1 nitrogen and oxygen atoms in total. The highest BCUT2D eigenvalue weighted by Crippen LogP contribution is 2.40. The quantitative estimate of drug-likeness (QED) is 0.873. The van der Waals surface area contributed by atoms with Crippen LogP contribution >= 0.6 is 15.9 Å². The van der Waals surface area contributed by atoms with Crippen LogP contribution in [0.15, 0.2) is 53.0 Å². The molecular weight excluding hydrogens is 300 g/mol. The van der Waals surface area contributed by atoms with E-state index in [4.69, 9.17) is 0 Å². The first-order valence-electron chi connectivity index (χ1n) is 6.75. The van der Waals surface area contributed by atoms with Crippen molar-refractivity contribution in [3.05, 3.63) is 69.7 Å². The number of aliphatic hydroxyl groups is 1. The second kappa shape index (κ2) is 5.48. The van der Waals surface area contributed by atoms with Gasteiger partial charge in [0.25, 0.3) is 0 Å². The summed E-state index contributed by atoms with van der Waals surface area (Å²) in [5.74, 6) is 0.732. The minimum absolute atomic E-state index is 0.433. The zero-order valence-electron chi connectivity index (χ0n) is 10.7. The zero-order chi connectivity index (χ0) is 13.2. The van der Waals surface area contributed by atoms with Crippen molar-refractivity contribution in [2.75, 3.05) is 0 Å². The van der Waals surface area contributed by atoms with E-state index < -0.39 is 6.10 Å². The van der Waals surface area contributed by atoms with E-state index >= 15 is 0 Å². The molecule has 1 aliphatic carbocycles. The SMILES string of the molecule is OC(Cc1ccccc1Br)c1cccc(C2CC2)c1. The van der Waals surface area contributed by atoms with Gasteiger partial charge in [0.1, 0.15) is 0 Å². The van der Waals surface area contributed by atoms with Gasteiger partial charge >= 0.3 is 0 Å². The Kier molecular flexibility index (Phi) is 3.72. The van der Waals surface area contributed by atoms with E-state index in [1.165, 1.54) is 18.4 Å². The number of benzene rings is 2. The van der Waals surface area contributed by atoms with Crippen LogP contribution in [0, 0.1) is 0 Å². The van der Waals surface area contributed by atoms with E-state index in [-0.39, 0.29) is 0 Å². The minimum atomic E-state index is -0.433. The average Bonchev–Trinajstić information content (AvgIpc) is 3.26. The van der Waals surface area contributed by atoms with E-state index in [1.807, 2.05) is 24.3 Å². The predicted molar refractivity (Wildman–Crippen MR) is 81.2 cm³/mol. The molecule has 19 heavy (non-hydrogen) atoms. The summed E-state index contributed by atoms with van der Waals surface area (Å²) in [5, 5.41) is 10.4. The molecule has 98 valence electrons. The van der Waals surface area contributed by atoms with Gasteiger partial charge in [-0.1, -0.05) is 58.4 Å². The highest BCUT2D eigenvalue weighted by Gasteiger charge is 2.24. The van der Waals surface area contributed by atoms with Gasteiger partial charge in [0.15, 0.2) is 0 Å². The van der Waals surface area contributed by atoms with Crippen molar-refractivity contribution in [3.8, 4) is 0 Å². The van der Waals surface area contributed by atoms with Gasteiger partial charge in [-0.2, -0.15) is 0 Å². The number of hydrogen-bond donors (Lipinski definition) is 1. The monoisotopic (exact) mass is 316 g/mol. The van der Waals surface area contributed by atoms with Crippen molar-refractivity contribution < 1.29 is 5.11 Å². The van der Waals surface area contributed by atoms with Crippen molar-refractivity contribution >= 4 is 15.9 Å². The van der Waals surface area contributed by atoms with Gasteiger partial charge in [-0.25, -0.2) is 0 Å². The number of halogens is 1. The molecule has 0 heterocycles. The molecule has 2 aromatic carbocycles. The Balaban J connectivity index is 1.78. The van der Waals surface area contributed by atoms with Crippen molar-refractivity contribution in [1.82, 2.24) is 0 Å². The largest absolute Gasteiger partial charge is 0.388 e. The Morgan fingerprint density at radius 2 is 1.89 bits per heavy atom.